The molecule has 3 nitrogen and oxygen atoms in total. The first-order chi connectivity index (χ1) is 9.60. The van der Waals surface area contributed by atoms with Crippen LogP contribution in [-0.4, -0.2) is 11.5 Å². The predicted molar refractivity (Wildman–Crippen MR) is 85.6 cm³/mol. The minimum Gasteiger partial charge on any atom is -0.438 e. The molecule has 0 radical (unpaired) electrons. The first kappa shape index (κ1) is 15.3. The van der Waals surface area contributed by atoms with E-state index >= 15 is 0 Å². The van der Waals surface area contributed by atoms with Crippen LogP contribution >= 0.6 is 27.5 Å². The number of hydrogen-bond acceptors (Lipinski definition) is 3. The van der Waals surface area contributed by atoms with Gasteiger partial charge in [-0.25, -0.2) is 4.98 Å². The van der Waals surface area contributed by atoms with Gasteiger partial charge in [-0.05, 0) is 52.7 Å². The van der Waals surface area contributed by atoms with E-state index in [2.05, 4.69) is 33.2 Å². The molecule has 0 saturated carbocycles. The number of hydrogen-bond donors (Lipinski definition) is 1. The molecule has 2 aromatic rings. The molecule has 0 aliphatic carbocycles. The Morgan fingerprint density at radius 1 is 1.35 bits per heavy atom. The van der Waals surface area contributed by atoms with Crippen LogP contribution < -0.4 is 10.1 Å². The topological polar surface area (TPSA) is 34.1 Å². The predicted octanol–water partition coefficient (Wildman–Crippen LogP) is 4.71. The van der Waals surface area contributed by atoms with Crippen molar-refractivity contribution in [2.75, 3.05) is 6.54 Å². The molecule has 0 atom stereocenters. The summed E-state index contributed by atoms with van der Waals surface area (Å²) < 4.78 is 6.70. The van der Waals surface area contributed by atoms with E-state index in [1.54, 1.807) is 6.20 Å². The summed E-state index contributed by atoms with van der Waals surface area (Å²) in [6.07, 6.45) is 1.62. The van der Waals surface area contributed by atoms with Gasteiger partial charge in [0.2, 0.25) is 5.88 Å². The molecular formula is C15H16BrClN2O. The molecule has 0 amide bonds. The maximum absolute atomic E-state index is 6.12. The van der Waals surface area contributed by atoms with Gasteiger partial charge in [0, 0.05) is 18.8 Å². The molecule has 5 heteroatoms. The summed E-state index contributed by atoms with van der Waals surface area (Å²) in [6.45, 7) is 5.67. The summed E-state index contributed by atoms with van der Waals surface area (Å²) in [5.41, 5.74) is 2.14. The molecule has 1 aromatic carbocycles. The summed E-state index contributed by atoms with van der Waals surface area (Å²) >= 11 is 9.61. The molecule has 0 aliphatic rings. The lowest BCUT2D eigenvalue weighted by Gasteiger charge is -2.10. The summed E-state index contributed by atoms with van der Waals surface area (Å²) in [4.78, 5) is 4.20. The Hall–Kier alpha value is -1.10. The van der Waals surface area contributed by atoms with Crippen LogP contribution in [0.25, 0.3) is 0 Å². The van der Waals surface area contributed by atoms with Crippen LogP contribution in [0.1, 0.15) is 18.1 Å². The van der Waals surface area contributed by atoms with Gasteiger partial charge in [0.1, 0.15) is 5.75 Å². The molecule has 0 aliphatic heterocycles. The number of benzene rings is 1. The Labute approximate surface area is 132 Å². The van der Waals surface area contributed by atoms with E-state index in [1.807, 2.05) is 31.2 Å². The average molecular weight is 356 g/mol. The zero-order valence-corrected chi connectivity index (χ0v) is 13.8. The van der Waals surface area contributed by atoms with E-state index in [9.17, 15) is 0 Å². The Kier molecular flexibility index (Phi) is 5.40. The number of pyridine rings is 1. The van der Waals surface area contributed by atoms with Gasteiger partial charge in [-0.2, -0.15) is 0 Å². The Morgan fingerprint density at radius 3 is 2.85 bits per heavy atom. The Morgan fingerprint density at radius 2 is 2.15 bits per heavy atom. The number of aromatic nitrogens is 1. The van der Waals surface area contributed by atoms with E-state index in [-0.39, 0.29) is 0 Å². The monoisotopic (exact) mass is 354 g/mol. The first-order valence-electron chi connectivity index (χ1n) is 6.39. The standard InChI is InChI=1S/C15H16BrClN2O/c1-3-18-8-11-7-15(19-9-13(11)17)20-14-5-4-10(2)6-12(14)16/h4-7,9,18H,3,8H2,1-2H3. The molecule has 1 aromatic heterocycles. The van der Waals surface area contributed by atoms with Crippen LogP contribution in [0, 0.1) is 6.92 Å². The maximum atomic E-state index is 6.12. The van der Waals surface area contributed by atoms with Crippen molar-refractivity contribution in [1.82, 2.24) is 10.3 Å². The van der Waals surface area contributed by atoms with Gasteiger partial charge in [-0.3, -0.25) is 0 Å². The van der Waals surface area contributed by atoms with Crippen LogP contribution in [0.2, 0.25) is 5.02 Å². The maximum Gasteiger partial charge on any atom is 0.219 e. The number of nitrogens with one attached hydrogen (secondary N) is 1. The highest BCUT2D eigenvalue weighted by atomic mass is 79.9. The molecule has 1 N–H and O–H groups in total. The lowest BCUT2D eigenvalue weighted by atomic mass is 10.2. The van der Waals surface area contributed by atoms with Gasteiger partial charge in [0.15, 0.2) is 0 Å². The molecule has 0 fully saturated rings. The second kappa shape index (κ2) is 7.07. The highest BCUT2D eigenvalue weighted by molar-refractivity contribution is 9.10. The molecule has 0 bridgehead atoms. The van der Waals surface area contributed by atoms with Gasteiger partial charge in [0.25, 0.3) is 0 Å². The van der Waals surface area contributed by atoms with Crippen molar-refractivity contribution < 1.29 is 4.74 Å². The van der Waals surface area contributed by atoms with Gasteiger partial charge in [-0.15, -0.1) is 0 Å². The molecule has 0 unspecified atom stereocenters. The fourth-order valence-corrected chi connectivity index (χ4v) is 2.46. The molecule has 106 valence electrons. The Balaban J connectivity index is 2.20. The van der Waals surface area contributed by atoms with Gasteiger partial charge in [-0.1, -0.05) is 24.6 Å². The van der Waals surface area contributed by atoms with Crippen molar-refractivity contribution in [1.29, 1.82) is 0 Å². The van der Waals surface area contributed by atoms with Crippen molar-refractivity contribution in [3.05, 3.63) is 51.1 Å². The largest absolute Gasteiger partial charge is 0.438 e. The van der Waals surface area contributed by atoms with Crippen molar-refractivity contribution in [2.45, 2.75) is 20.4 Å². The minimum absolute atomic E-state index is 0.534. The van der Waals surface area contributed by atoms with Crippen molar-refractivity contribution in [3.8, 4) is 11.6 Å². The summed E-state index contributed by atoms with van der Waals surface area (Å²) in [6, 6.07) is 7.78. The van der Waals surface area contributed by atoms with Gasteiger partial charge >= 0.3 is 0 Å². The van der Waals surface area contributed by atoms with Gasteiger partial charge in [0.05, 0.1) is 9.50 Å². The average Bonchev–Trinajstić information content (AvgIpc) is 2.42. The third-order valence-corrected chi connectivity index (χ3v) is 3.74. The summed E-state index contributed by atoms with van der Waals surface area (Å²) in [7, 11) is 0. The third kappa shape index (κ3) is 3.95. The second-order valence-corrected chi connectivity index (χ2v) is 5.69. The molecule has 0 spiro atoms. The van der Waals surface area contributed by atoms with E-state index in [0.717, 1.165) is 22.3 Å². The van der Waals surface area contributed by atoms with Gasteiger partial charge < -0.3 is 10.1 Å². The van der Waals surface area contributed by atoms with Crippen LogP contribution in [0.5, 0.6) is 11.6 Å². The minimum atomic E-state index is 0.534. The van der Waals surface area contributed by atoms with Crippen molar-refractivity contribution >= 4 is 27.5 Å². The van der Waals surface area contributed by atoms with Crippen molar-refractivity contribution in [3.63, 3.8) is 0 Å². The Bertz CT molecular complexity index is 604. The van der Waals surface area contributed by atoms with E-state index < -0.39 is 0 Å². The summed E-state index contributed by atoms with van der Waals surface area (Å²) in [5.74, 6) is 1.27. The normalized spacial score (nSPS) is 10.6. The number of halogens is 2. The SMILES string of the molecule is CCNCc1cc(Oc2ccc(C)cc2Br)ncc1Cl. The number of rotatable bonds is 5. The number of aryl methyl sites for hydroxylation is 1. The molecule has 20 heavy (non-hydrogen) atoms. The zero-order valence-electron chi connectivity index (χ0n) is 11.4. The van der Waals surface area contributed by atoms with E-state index in [1.165, 1.54) is 5.56 Å². The first-order valence-corrected chi connectivity index (χ1v) is 7.56. The van der Waals surface area contributed by atoms with Crippen molar-refractivity contribution in [2.24, 2.45) is 0 Å². The fourth-order valence-electron chi connectivity index (χ4n) is 1.71. The lowest BCUT2D eigenvalue weighted by Crippen LogP contribution is -2.12. The molecule has 1 heterocycles. The van der Waals surface area contributed by atoms with Crippen LogP contribution in [0.3, 0.4) is 0 Å². The fraction of sp³-hybridized carbons (Fsp3) is 0.267. The second-order valence-electron chi connectivity index (χ2n) is 4.43. The number of nitrogens with zero attached hydrogens (tertiary/aromatic N) is 1. The van der Waals surface area contributed by atoms with E-state index in [4.69, 9.17) is 16.3 Å². The summed E-state index contributed by atoms with van der Waals surface area (Å²) in [5, 5.41) is 3.88. The molecular weight excluding hydrogens is 340 g/mol. The van der Waals surface area contributed by atoms with Crippen LogP contribution in [0.15, 0.2) is 34.9 Å². The highest BCUT2D eigenvalue weighted by Crippen LogP contribution is 2.30. The lowest BCUT2D eigenvalue weighted by molar-refractivity contribution is 0.459. The smallest absolute Gasteiger partial charge is 0.219 e. The third-order valence-electron chi connectivity index (χ3n) is 2.78. The zero-order chi connectivity index (χ0) is 14.5. The highest BCUT2D eigenvalue weighted by Gasteiger charge is 2.07. The quantitative estimate of drug-likeness (QED) is 0.843. The van der Waals surface area contributed by atoms with Crippen LogP contribution in [0.4, 0.5) is 0 Å². The van der Waals surface area contributed by atoms with E-state index in [0.29, 0.717) is 17.4 Å². The molecule has 2 rings (SSSR count). The van der Waals surface area contributed by atoms with Crippen LogP contribution in [-0.2, 0) is 6.54 Å². The molecule has 0 saturated heterocycles. The number of ether oxygens (including phenoxy) is 1.